The van der Waals surface area contributed by atoms with Crippen LogP contribution in [0.15, 0.2) is 43.0 Å². The van der Waals surface area contributed by atoms with E-state index in [9.17, 15) is 9.59 Å². The second-order valence-electron chi connectivity index (χ2n) is 6.20. The predicted molar refractivity (Wildman–Crippen MR) is 110 cm³/mol. The summed E-state index contributed by atoms with van der Waals surface area (Å²) in [5.74, 6) is -0.203. The van der Waals surface area contributed by atoms with Gasteiger partial charge in [-0.25, -0.2) is 4.98 Å². The number of aromatic nitrogens is 2. The highest BCUT2D eigenvalue weighted by Crippen LogP contribution is 2.12. The molecule has 9 heteroatoms. The highest BCUT2D eigenvalue weighted by Gasteiger charge is 2.16. The number of piperidine rings is 1. The minimum absolute atomic E-state index is 0. The number of halogens is 2. The topological polar surface area (TPSA) is 88.0 Å². The van der Waals surface area contributed by atoms with Crippen molar-refractivity contribution in [3.8, 4) is 0 Å². The van der Waals surface area contributed by atoms with Gasteiger partial charge >= 0.3 is 0 Å². The molecular formula is C18H25Cl2N5O2. The van der Waals surface area contributed by atoms with Crippen LogP contribution in [-0.4, -0.2) is 40.5 Å². The quantitative estimate of drug-likeness (QED) is 0.677. The summed E-state index contributed by atoms with van der Waals surface area (Å²) in [7, 11) is 0. The van der Waals surface area contributed by atoms with Crippen LogP contribution >= 0.6 is 24.8 Å². The molecule has 0 bridgehead atoms. The van der Waals surface area contributed by atoms with Crippen LogP contribution < -0.4 is 16.0 Å². The van der Waals surface area contributed by atoms with E-state index in [-0.39, 0.29) is 42.7 Å². The molecule has 0 saturated carbocycles. The highest BCUT2D eigenvalue weighted by molar-refractivity contribution is 5.97. The van der Waals surface area contributed by atoms with Crippen LogP contribution in [0, 0.1) is 0 Å². The highest BCUT2D eigenvalue weighted by atomic mass is 35.5. The largest absolute Gasteiger partial charge is 0.348 e. The van der Waals surface area contributed by atoms with E-state index >= 15 is 0 Å². The molecule has 1 aromatic heterocycles. The summed E-state index contributed by atoms with van der Waals surface area (Å²) >= 11 is 0. The van der Waals surface area contributed by atoms with Crippen molar-refractivity contribution in [1.82, 2.24) is 20.2 Å². The van der Waals surface area contributed by atoms with Crippen molar-refractivity contribution in [1.29, 1.82) is 0 Å². The van der Waals surface area contributed by atoms with E-state index in [0.29, 0.717) is 24.2 Å². The second-order valence-corrected chi connectivity index (χ2v) is 6.20. The third kappa shape index (κ3) is 7.21. The number of carbonyl (C=O) groups excluding carboxylic acids is 2. The SMILES string of the molecule is Cl.Cl.O=C(CCn1ccnc1)Nc1cccc(C(=O)N[C@H]2CCCNC2)c1. The number of aryl methyl sites for hydroxylation is 1. The van der Waals surface area contributed by atoms with Crippen LogP contribution in [0.4, 0.5) is 5.69 Å². The van der Waals surface area contributed by atoms with E-state index < -0.39 is 0 Å². The Morgan fingerprint density at radius 1 is 1.30 bits per heavy atom. The molecule has 2 aromatic rings. The number of amides is 2. The average molecular weight is 414 g/mol. The van der Waals surface area contributed by atoms with Gasteiger partial charge in [0, 0.05) is 49.2 Å². The summed E-state index contributed by atoms with van der Waals surface area (Å²) < 4.78 is 1.85. The molecule has 0 unspecified atom stereocenters. The average Bonchev–Trinajstić information content (AvgIpc) is 3.15. The third-order valence-electron chi connectivity index (χ3n) is 4.20. The molecule has 27 heavy (non-hydrogen) atoms. The summed E-state index contributed by atoms with van der Waals surface area (Å²) in [5, 5.41) is 9.15. The number of anilines is 1. The van der Waals surface area contributed by atoms with Gasteiger partial charge in [-0.1, -0.05) is 6.07 Å². The Morgan fingerprint density at radius 2 is 2.15 bits per heavy atom. The lowest BCUT2D eigenvalue weighted by Gasteiger charge is -2.23. The summed E-state index contributed by atoms with van der Waals surface area (Å²) in [6.45, 7) is 2.38. The van der Waals surface area contributed by atoms with Gasteiger partial charge in [-0.15, -0.1) is 24.8 Å². The van der Waals surface area contributed by atoms with Crippen LogP contribution in [0.3, 0.4) is 0 Å². The van der Waals surface area contributed by atoms with Crippen molar-refractivity contribution in [2.75, 3.05) is 18.4 Å². The minimum atomic E-state index is -0.108. The van der Waals surface area contributed by atoms with Gasteiger partial charge in [0.1, 0.15) is 0 Å². The zero-order chi connectivity index (χ0) is 17.5. The Kier molecular flexibility index (Phi) is 9.85. The molecule has 1 aliphatic heterocycles. The van der Waals surface area contributed by atoms with Gasteiger partial charge in [-0.2, -0.15) is 0 Å². The fourth-order valence-corrected chi connectivity index (χ4v) is 2.86. The van der Waals surface area contributed by atoms with Gasteiger partial charge in [-0.05, 0) is 37.6 Å². The molecule has 1 aliphatic rings. The molecule has 148 valence electrons. The first-order chi connectivity index (χ1) is 12.2. The number of nitrogens with zero attached hydrogens (tertiary/aromatic N) is 2. The zero-order valence-electron chi connectivity index (χ0n) is 14.9. The number of imidazole rings is 1. The van der Waals surface area contributed by atoms with Crippen LogP contribution in [0.25, 0.3) is 0 Å². The predicted octanol–water partition coefficient (Wildman–Crippen LogP) is 2.24. The molecular weight excluding hydrogens is 389 g/mol. The molecule has 2 heterocycles. The van der Waals surface area contributed by atoms with Gasteiger partial charge in [0.2, 0.25) is 5.91 Å². The second kappa shape index (κ2) is 11.6. The Balaban J connectivity index is 0.00000182. The van der Waals surface area contributed by atoms with Crippen LogP contribution in [-0.2, 0) is 11.3 Å². The fourth-order valence-electron chi connectivity index (χ4n) is 2.86. The van der Waals surface area contributed by atoms with Gasteiger partial charge in [-0.3, -0.25) is 9.59 Å². The zero-order valence-corrected chi connectivity index (χ0v) is 16.5. The molecule has 1 saturated heterocycles. The molecule has 2 amide bonds. The first kappa shape index (κ1) is 23.0. The van der Waals surface area contributed by atoms with Gasteiger partial charge in [0.25, 0.3) is 5.91 Å². The Hall–Kier alpha value is -2.09. The fraction of sp³-hybridized carbons (Fsp3) is 0.389. The Bertz CT molecular complexity index is 718. The smallest absolute Gasteiger partial charge is 0.251 e. The van der Waals surface area contributed by atoms with E-state index in [2.05, 4.69) is 20.9 Å². The summed E-state index contributed by atoms with van der Waals surface area (Å²) in [6.07, 6.45) is 7.58. The molecule has 0 aliphatic carbocycles. The maximum Gasteiger partial charge on any atom is 0.251 e. The number of rotatable bonds is 6. The molecule has 7 nitrogen and oxygen atoms in total. The van der Waals surface area contributed by atoms with Gasteiger partial charge in [0.05, 0.1) is 6.33 Å². The molecule has 1 aromatic carbocycles. The Labute approximate surface area is 171 Å². The minimum Gasteiger partial charge on any atom is -0.348 e. The number of carbonyl (C=O) groups is 2. The third-order valence-corrected chi connectivity index (χ3v) is 4.20. The molecule has 1 atom stereocenters. The molecule has 1 fully saturated rings. The van der Waals surface area contributed by atoms with Crippen molar-refractivity contribution >= 4 is 42.3 Å². The van der Waals surface area contributed by atoms with Crippen LogP contribution in [0.5, 0.6) is 0 Å². The molecule has 0 spiro atoms. The number of hydrogen-bond donors (Lipinski definition) is 3. The summed E-state index contributed by atoms with van der Waals surface area (Å²) in [5.41, 5.74) is 1.18. The van der Waals surface area contributed by atoms with E-state index in [0.717, 1.165) is 25.9 Å². The van der Waals surface area contributed by atoms with Crippen molar-refractivity contribution in [2.24, 2.45) is 0 Å². The normalized spacial score (nSPS) is 15.8. The van der Waals surface area contributed by atoms with Gasteiger partial charge in [0.15, 0.2) is 0 Å². The van der Waals surface area contributed by atoms with E-state index in [4.69, 9.17) is 0 Å². The summed E-state index contributed by atoms with van der Waals surface area (Å²) in [6, 6.07) is 7.19. The van der Waals surface area contributed by atoms with E-state index in [1.165, 1.54) is 0 Å². The first-order valence-corrected chi connectivity index (χ1v) is 8.58. The lowest BCUT2D eigenvalue weighted by molar-refractivity contribution is -0.116. The van der Waals surface area contributed by atoms with Crippen molar-refractivity contribution in [3.05, 3.63) is 48.5 Å². The molecule has 3 N–H and O–H groups in total. The van der Waals surface area contributed by atoms with Crippen LogP contribution in [0.2, 0.25) is 0 Å². The van der Waals surface area contributed by atoms with Crippen molar-refractivity contribution in [3.63, 3.8) is 0 Å². The molecule has 3 rings (SSSR count). The maximum atomic E-state index is 12.4. The van der Waals surface area contributed by atoms with Crippen LogP contribution in [0.1, 0.15) is 29.6 Å². The number of benzene rings is 1. The summed E-state index contributed by atoms with van der Waals surface area (Å²) in [4.78, 5) is 28.4. The lowest BCUT2D eigenvalue weighted by Crippen LogP contribution is -2.45. The molecule has 0 radical (unpaired) electrons. The van der Waals surface area contributed by atoms with E-state index in [1.807, 2.05) is 10.8 Å². The van der Waals surface area contributed by atoms with Gasteiger partial charge < -0.3 is 20.5 Å². The van der Waals surface area contributed by atoms with E-state index in [1.54, 1.807) is 36.8 Å². The standard InChI is InChI=1S/C18H23N5O2.2ClH/c24-17(6-9-23-10-8-20-13-23)21-15-4-1-3-14(11-15)18(25)22-16-5-2-7-19-12-16;;/h1,3-4,8,10-11,13,16,19H,2,5-7,9,12H2,(H,21,24)(H,22,25);2*1H/t16-;;/m0../s1. The number of hydrogen-bond acceptors (Lipinski definition) is 4. The lowest BCUT2D eigenvalue weighted by atomic mass is 10.1. The maximum absolute atomic E-state index is 12.4. The van der Waals surface area contributed by atoms with Crippen molar-refractivity contribution in [2.45, 2.75) is 31.8 Å². The first-order valence-electron chi connectivity index (χ1n) is 8.58. The number of nitrogens with one attached hydrogen (secondary N) is 3. The Morgan fingerprint density at radius 3 is 2.85 bits per heavy atom. The van der Waals surface area contributed by atoms with Crippen molar-refractivity contribution < 1.29 is 9.59 Å². The monoisotopic (exact) mass is 413 g/mol.